The molecule has 0 spiro atoms. The number of rotatable bonds is 4. The van der Waals surface area contributed by atoms with Crippen molar-refractivity contribution < 1.29 is 4.74 Å². The van der Waals surface area contributed by atoms with Gasteiger partial charge in [0.05, 0.1) is 11.8 Å². The monoisotopic (exact) mass is 340 g/mol. The molecule has 0 aromatic heterocycles. The maximum atomic E-state index is 5.61. The zero-order valence-corrected chi connectivity index (χ0v) is 14.4. The van der Waals surface area contributed by atoms with Gasteiger partial charge in [-0.2, -0.15) is 0 Å². The standard InChI is InChI=1S/C16H25BrN2O/c1-11-7-8-19(10-16(11)20-4)15-6-5-13(9-14(15)17)12(2)18-3/h5-6,9,11-12,16,18H,7-8,10H2,1-4H3. The number of piperidine rings is 1. The van der Waals surface area contributed by atoms with Gasteiger partial charge in [0.1, 0.15) is 0 Å². The van der Waals surface area contributed by atoms with E-state index in [-0.39, 0.29) is 0 Å². The minimum Gasteiger partial charge on any atom is -0.379 e. The Hall–Kier alpha value is -0.580. The second kappa shape index (κ2) is 6.92. The lowest BCUT2D eigenvalue weighted by Gasteiger charge is -2.38. The van der Waals surface area contributed by atoms with Gasteiger partial charge in [-0.25, -0.2) is 0 Å². The van der Waals surface area contributed by atoms with Gasteiger partial charge in [0.25, 0.3) is 0 Å². The van der Waals surface area contributed by atoms with Gasteiger partial charge in [0.2, 0.25) is 0 Å². The van der Waals surface area contributed by atoms with Crippen LogP contribution in [-0.2, 0) is 4.74 Å². The SMILES string of the molecule is CNC(C)c1ccc(N2CCC(C)C(OC)C2)c(Br)c1. The molecule has 1 heterocycles. The van der Waals surface area contributed by atoms with E-state index in [1.54, 1.807) is 0 Å². The van der Waals surface area contributed by atoms with Crippen LogP contribution in [-0.4, -0.2) is 33.4 Å². The predicted octanol–water partition coefficient (Wildman–Crippen LogP) is 3.59. The van der Waals surface area contributed by atoms with Crippen molar-refractivity contribution in [3.8, 4) is 0 Å². The summed E-state index contributed by atoms with van der Waals surface area (Å²) in [5.74, 6) is 0.638. The molecule has 1 aromatic rings. The Kier molecular flexibility index (Phi) is 5.47. The Morgan fingerprint density at radius 2 is 2.20 bits per heavy atom. The second-order valence-corrected chi connectivity index (χ2v) is 6.56. The van der Waals surface area contributed by atoms with Gasteiger partial charge < -0.3 is 15.0 Å². The molecule has 4 heteroatoms. The van der Waals surface area contributed by atoms with Crippen molar-refractivity contribution in [3.63, 3.8) is 0 Å². The number of hydrogen-bond donors (Lipinski definition) is 1. The van der Waals surface area contributed by atoms with E-state index >= 15 is 0 Å². The Labute approximate surface area is 130 Å². The minimum atomic E-state index is 0.326. The van der Waals surface area contributed by atoms with Crippen LogP contribution in [0.5, 0.6) is 0 Å². The molecule has 1 saturated heterocycles. The Morgan fingerprint density at radius 3 is 2.80 bits per heavy atom. The van der Waals surface area contributed by atoms with Crippen molar-refractivity contribution >= 4 is 21.6 Å². The van der Waals surface area contributed by atoms with Crippen molar-refractivity contribution in [2.75, 3.05) is 32.1 Å². The van der Waals surface area contributed by atoms with E-state index in [0.29, 0.717) is 18.1 Å². The predicted molar refractivity (Wildman–Crippen MR) is 88.4 cm³/mol. The van der Waals surface area contributed by atoms with E-state index in [2.05, 4.69) is 58.2 Å². The van der Waals surface area contributed by atoms with Crippen molar-refractivity contribution in [2.45, 2.75) is 32.4 Å². The number of nitrogens with one attached hydrogen (secondary N) is 1. The number of nitrogens with zero attached hydrogens (tertiary/aromatic N) is 1. The summed E-state index contributed by atoms with van der Waals surface area (Å²) in [5.41, 5.74) is 2.57. The molecule has 3 unspecified atom stereocenters. The molecule has 1 aliphatic rings. The lowest BCUT2D eigenvalue weighted by atomic mass is 9.95. The topological polar surface area (TPSA) is 24.5 Å². The molecule has 112 valence electrons. The van der Waals surface area contributed by atoms with Gasteiger partial charge in [0, 0.05) is 30.7 Å². The third-order valence-corrected chi connectivity index (χ3v) is 5.07. The first-order chi connectivity index (χ1) is 9.56. The maximum absolute atomic E-state index is 5.61. The Balaban J connectivity index is 2.17. The lowest BCUT2D eigenvalue weighted by Crippen LogP contribution is -2.44. The molecule has 1 aliphatic heterocycles. The third-order valence-electron chi connectivity index (χ3n) is 4.44. The van der Waals surface area contributed by atoms with Crippen LogP contribution >= 0.6 is 15.9 Å². The first-order valence-electron chi connectivity index (χ1n) is 7.31. The fraction of sp³-hybridized carbons (Fsp3) is 0.625. The fourth-order valence-corrected chi connectivity index (χ4v) is 3.42. The molecule has 3 nitrogen and oxygen atoms in total. The molecular formula is C16H25BrN2O. The normalized spacial score (nSPS) is 24.8. The molecule has 1 N–H and O–H groups in total. The smallest absolute Gasteiger partial charge is 0.0772 e. The van der Waals surface area contributed by atoms with Gasteiger partial charge in [-0.15, -0.1) is 0 Å². The molecule has 0 bridgehead atoms. The second-order valence-electron chi connectivity index (χ2n) is 5.71. The van der Waals surface area contributed by atoms with Crippen LogP contribution in [0.25, 0.3) is 0 Å². The summed E-state index contributed by atoms with van der Waals surface area (Å²) in [6.07, 6.45) is 1.51. The van der Waals surface area contributed by atoms with Crippen LogP contribution in [0.1, 0.15) is 31.9 Å². The summed E-state index contributed by atoms with van der Waals surface area (Å²) in [6, 6.07) is 7.02. The van der Waals surface area contributed by atoms with Crippen molar-refractivity contribution in [2.24, 2.45) is 5.92 Å². The molecule has 20 heavy (non-hydrogen) atoms. The van der Waals surface area contributed by atoms with Crippen molar-refractivity contribution in [3.05, 3.63) is 28.2 Å². The summed E-state index contributed by atoms with van der Waals surface area (Å²) in [6.45, 7) is 6.51. The summed E-state index contributed by atoms with van der Waals surface area (Å²) in [4.78, 5) is 2.42. The lowest BCUT2D eigenvalue weighted by molar-refractivity contribution is 0.0498. The Bertz CT molecular complexity index is 452. The molecule has 2 rings (SSSR count). The summed E-state index contributed by atoms with van der Waals surface area (Å²) < 4.78 is 6.78. The van der Waals surface area contributed by atoms with Crippen LogP contribution in [0.2, 0.25) is 0 Å². The number of benzene rings is 1. The number of halogens is 1. The zero-order valence-electron chi connectivity index (χ0n) is 12.8. The van der Waals surface area contributed by atoms with E-state index < -0.39 is 0 Å². The molecule has 0 aliphatic carbocycles. The average Bonchev–Trinajstić information content (AvgIpc) is 2.47. The van der Waals surface area contributed by atoms with Gasteiger partial charge >= 0.3 is 0 Å². The Morgan fingerprint density at radius 1 is 1.45 bits per heavy atom. The van der Waals surface area contributed by atoms with Crippen LogP contribution in [0.4, 0.5) is 5.69 Å². The molecule has 0 saturated carbocycles. The maximum Gasteiger partial charge on any atom is 0.0772 e. The summed E-state index contributed by atoms with van der Waals surface area (Å²) in [5, 5.41) is 3.27. The fourth-order valence-electron chi connectivity index (χ4n) is 2.78. The first-order valence-corrected chi connectivity index (χ1v) is 8.10. The molecule has 3 atom stereocenters. The van der Waals surface area contributed by atoms with E-state index in [1.165, 1.54) is 22.1 Å². The number of methoxy groups -OCH3 is 1. The van der Waals surface area contributed by atoms with Crippen LogP contribution < -0.4 is 10.2 Å². The van der Waals surface area contributed by atoms with E-state index in [1.807, 2.05) is 14.2 Å². The van der Waals surface area contributed by atoms with E-state index in [4.69, 9.17) is 4.74 Å². The van der Waals surface area contributed by atoms with Crippen molar-refractivity contribution in [1.29, 1.82) is 0 Å². The molecular weight excluding hydrogens is 316 g/mol. The van der Waals surface area contributed by atoms with Crippen LogP contribution in [0.15, 0.2) is 22.7 Å². The van der Waals surface area contributed by atoms with Crippen molar-refractivity contribution in [1.82, 2.24) is 5.32 Å². The van der Waals surface area contributed by atoms with Crippen LogP contribution in [0, 0.1) is 5.92 Å². The highest BCUT2D eigenvalue weighted by molar-refractivity contribution is 9.10. The number of ether oxygens (including phenoxy) is 1. The zero-order chi connectivity index (χ0) is 14.7. The summed E-state index contributed by atoms with van der Waals surface area (Å²) in [7, 11) is 3.80. The number of hydrogen-bond acceptors (Lipinski definition) is 3. The summed E-state index contributed by atoms with van der Waals surface area (Å²) >= 11 is 3.73. The van der Waals surface area contributed by atoms with Gasteiger partial charge in [-0.1, -0.05) is 13.0 Å². The molecule has 1 fully saturated rings. The van der Waals surface area contributed by atoms with Crippen LogP contribution in [0.3, 0.4) is 0 Å². The minimum absolute atomic E-state index is 0.326. The number of anilines is 1. The van der Waals surface area contributed by atoms with Gasteiger partial charge in [-0.05, 0) is 59.9 Å². The first kappa shape index (κ1) is 15.8. The molecule has 0 radical (unpaired) electrons. The highest BCUT2D eigenvalue weighted by Gasteiger charge is 2.27. The van der Waals surface area contributed by atoms with Gasteiger partial charge in [-0.3, -0.25) is 0 Å². The van der Waals surface area contributed by atoms with Gasteiger partial charge in [0.15, 0.2) is 0 Å². The highest BCUT2D eigenvalue weighted by Crippen LogP contribution is 2.32. The third kappa shape index (κ3) is 3.35. The molecule has 1 aromatic carbocycles. The van der Waals surface area contributed by atoms with E-state index in [0.717, 1.165) is 13.1 Å². The highest BCUT2D eigenvalue weighted by atomic mass is 79.9. The molecule has 0 amide bonds. The average molecular weight is 341 g/mol. The van der Waals surface area contributed by atoms with E-state index in [9.17, 15) is 0 Å². The largest absolute Gasteiger partial charge is 0.379 e. The quantitative estimate of drug-likeness (QED) is 0.906.